The van der Waals surface area contributed by atoms with Crippen molar-refractivity contribution in [3.8, 4) is 0 Å². The maximum atomic E-state index is 14.2. The van der Waals surface area contributed by atoms with Gasteiger partial charge >= 0.3 is 6.09 Å². The van der Waals surface area contributed by atoms with Crippen molar-refractivity contribution in [3.05, 3.63) is 35.6 Å². The number of ether oxygens (including phenoxy) is 2. The molecule has 0 heterocycles. The summed E-state index contributed by atoms with van der Waals surface area (Å²) in [4.78, 5) is 12.1. The number of alkyl carbamates (subject to hydrolysis) is 1. The van der Waals surface area contributed by atoms with Crippen LogP contribution in [0.15, 0.2) is 24.3 Å². The monoisotopic (exact) mass is 329 g/mol. The minimum absolute atomic E-state index is 0. The zero-order chi connectivity index (χ0) is 17.0. The second-order valence-electron chi connectivity index (χ2n) is 6.22. The van der Waals surface area contributed by atoms with Crippen LogP contribution in [0.3, 0.4) is 0 Å². The van der Waals surface area contributed by atoms with Gasteiger partial charge < -0.3 is 19.9 Å². The summed E-state index contributed by atoms with van der Waals surface area (Å²) >= 11 is 0. The molecular formula is C17H28FNO4. The Balaban J connectivity index is 0.00000484. The molecule has 1 aromatic rings. The van der Waals surface area contributed by atoms with Gasteiger partial charge in [-0.3, -0.25) is 0 Å². The molecule has 0 aliphatic carbocycles. The molecule has 1 aromatic carbocycles. The maximum absolute atomic E-state index is 14.2. The van der Waals surface area contributed by atoms with Crippen LogP contribution >= 0.6 is 0 Å². The Bertz CT molecular complexity index is 512. The van der Waals surface area contributed by atoms with Gasteiger partial charge in [-0.1, -0.05) is 25.6 Å². The number of methoxy groups -OCH3 is 1. The summed E-state index contributed by atoms with van der Waals surface area (Å²) in [5.74, 6) is -0.503. The molecule has 0 saturated carbocycles. The summed E-state index contributed by atoms with van der Waals surface area (Å²) in [6.45, 7) is 6.38. The van der Waals surface area contributed by atoms with Crippen molar-refractivity contribution in [2.75, 3.05) is 13.7 Å². The molecule has 23 heavy (non-hydrogen) atoms. The molecule has 2 atom stereocenters. The Labute approximate surface area is 137 Å². The third kappa shape index (κ3) is 5.48. The molecule has 0 spiro atoms. The molecule has 0 aliphatic rings. The van der Waals surface area contributed by atoms with Crippen molar-refractivity contribution < 1.29 is 23.8 Å². The lowest BCUT2D eigenvalue weighted by Gasteiger charge is -2.37. The number of rotatable bonds is 5. The lowest BCUT2D eigenvalue weighted by atomic mass is 9.86. The first kappa shape index (κ1) is 21.3. The number of carbonyl (C=O) groups excluding carboxylic acids is 1. The largest absolute Gasteiger partial charge is 0.444 e. The normalized spacial score (nSPS) is 15.1. The summed E-state index contributed by atoms with van der Waals surface area (Å²) < 4.78 is 24.6. The van der Waals surface area contributed by atoms with Gasteiger partial charge in [-0.15, -0.1) is 0 Å². The highest BCUT2D eigenvalue weighted by molar-refractivity contribution is 5.69. The Kier molecular flexibility index (Phi) is 7.67. The molecule has 132 valence electrons. The fourth-order valence-electron chi connectivity index (χ4n) is 2.21. The van der Waals surface area contributed by atoms with E-state index in [9.17, 15) is 14.3 Å². The summed E-state index contributed by atoms with van der Waals surface area (Å²) in [5, 5.41) is 12.1. The van der Waals surface area contributed by atoms with E-state index < -0.39 is 35.8 Å². The fourth-order valence-corrected chi connectivity index (χ4v) is 2.21. The number of hydrogen-bond acceptors (Lipinski definition) is 4. The molecule has 0 aliphatic heterocycles. The molecular weight excluding hydrogens is 301 g/mol. The van der Waals surface area contributed by atoms with Crippen molar-refractivity contribution in [3.63, 3.8) is 0 Å². The number of aliphatic hydroxyl groups excluding tert-OH is 1. The number of benzene rings is 1. The van der Waals surface area contributed by atoms with E-state index in [4.69, 9.17) is 9.47 Å². The number of hydrogen-bond donors (Lipinski definition) is 2. The molecule has 0 saturated heterocycles. The highest BCUT2D eigenvalue weighted by atomic mass is 19.1. The van der Waals surface area contributed by atoms with Gasteiger partial charge in [-0.2, -0.15) is 0 Å². The van der Waals surface area contributed by atoms with E-state index in [1.54, 1.807) is 39.8 Å². The first-order chi connectivity index (χ1) is 10.1. The number of carbonyl (C=O) groups is 1. The molecule has 0 fully saturated rings. The van der Waals surface area contributed by atoms with Gasteiger partial charge in [0.15, 0.2) is 0 Å². The van der Waals surface area contributed by atoms with Gasteiger partial charge in [0.25, 0.3) is 0 Å². The standard InChI is InChI=1S/C16H24FNO4.CH4/c1-15(2,3)22-14(20)18-16(4,13(10-19)21-5)11-8-6-7-9-12(11)17;/h6-9,13,19H,10H2,1-5H3,(H,18,20);1H4/t13?,16-;/m1./s1. The summed E-state index contributed by atoms with van der Waals surface area (Å²) in [7, 11) is 1.39. The van der Waals surface area contributed by atoms with Crippen LogP contribution in [0, 0.1) is 5.82 Å². The molecule has 5 nitrogen and oxygen atoms in total. The highest BCUT2D eigenvalue weighted by Crippen LogP contribution is 2.29. The predicted octanol–water partition coefficient (Wildman–Crippen LogP) is 3.21. The maximum Gasteiger partial charge on any atom is 0.408 e. The molecule has 1 amide bonds. The number of aliphatic hydroxyl groups is 1. The van der Waals surface area contributed by atoms with Crippen LogP contribution in [0.5, 0.6) is 0 Å². The minimum atomic E-state index is -1.28. The van der Waals surface area contributed by atoms with Crippen LogP contribution in [0.1, 0.15) is 40.7 Å². The van der Waals surface area contributed by atoms with Gasteiger partial charge in [0, 0.05) is 12.7 Å². The number of nitrogens with one attached hydrogen (secondary N) is 1. The minimum Gasteiger partial charge on any atom is -0.444 e. The smallest absolute Gasteiger partial charge is 0.408 e. The van der Waals surface area contributed by atoms with Crippen LogP contribution in [0.25, 0.3) is 0 Å². The summed E-state index contributed by atoms with van der Waals surface area (Å²) in [6.07, 6.45) is -1.55. The average molecular weight is 329 g/mol. The Morgan fingerprint density at radius 1 is 1.30 bits per heavy atom. The lowest BCUT2D eigenvalue weighted by Crippen LogP contribution is -2.55. The van der Waals surface area contributed by atoms with Gasteiger partial charge in [-0.05, 0) is 33.8 Å². The lowest BCUT2D eigenvalue weighted by molar-refractivity contribution is -0.0238. The Morgan fingerprint density at radius 3 is 2.30 bits per heavy atom. The topological polar surface area (TPSA) is 67.8 Å². The predicted molar refractivity (Wildman–Crippen MR) is 87.7 cm³/mol. The van der Waals surface area contributed by atoms with Crippen LogP contribution < -0.4 is 5.32 Å². The SMILES string of the molecule is C.COC(CO)[C@](C)(NC(=O)OC(C)(C)C)c1ccccc1F. The first-order valence-corrected chi connectivity index (χ1v) is 7.04. The molecule has 1 unspecified atom stereocenters. The number of amides is 1. The van der Waals surface area contributed by atoms with E-state index in [1.165, 1.54) is 19.2 Å². The van der Waals surface area contributed by atoms with E-state index >= 15 is 0 Å². The number of halogens is 1. The Hall–Kier alpha value is -1.66. The molecule has 6 heteroatoms. The highest BCUT2D eigenvalue weighted by Gasteiger charge is 2.40. The van der Waals surface area contributed by atoms with Gasteiger partial charge in [-0.25, -0.2) is 9.18 Å². The van der Waals surface area contributed by atoms with Gasteiger partial charge in [0.2, 0.25) is 0 Å². The van der Waals surface area contributed by atoms with Crippen molar-refractivity contribution in [2.24, 2.45) is 0 Å². The van der Waals surface area contributed by atoms with E-state index in [0.717, 1.165) is 0 Å². The van der Waals surface area contributed by atoms with E-state index in [0.29, 0.717) is 0 Å². The zero-order valence-corrected chi connectivity index (χ0v) is 13.6. The van der Waals surface area contributed by atoms with E-state index in [2.05, 4.69) is 5.32 Å². The van der Waals surface area contributed by atoms with Crippen LogP contribution in [-0.4, -0.2) is 36.6 Å². The van der Waals surface area contributed by atoms with E-state index in [1.807, 2.05) is 0 Å². The van der Waals surface area contributed by atoms with E-state index in [-0.39, 0.29) is 13.0 Å². The van der Waals surface area contributed by atoms with Gasteiger partial charge in [0.1, 0.15) is 17.5 Å². The third-order valence-electron chi connectivity index (χ3n) is 3.29. The van der Waals surface area contributed by atoms with Crippen molar-refractivity contribution in [1.82, 2.24) is 5.32 Å². The third-order valence-corrected chi connectivity index (χ3v) is 3.29. The quantitative estimate of drug-likeness (QED) is 0.870. The van der Waals surface area contributed by atoms with Crippen molar-refractivity contribution >= 4 is 6.09 Å². The van der Waals surface area contributed by atoms with Crippen molar-refractivity contribution in [1.29, 1.82) is 0 Å². The fraction of sp³-hybridized carbons (Fsp3) is 0.588. The summed E-state index contributed by atoms with van der Waals surface area (Å²) in [6, 6.07) is 6.02. The molecule has 2 N–H and O–H groups in total. The van der Waals surface area contributed by atoms with Crippen LogP contribution in [-0.2, 0) is 15.0 Å². The van der Waals surface area contributed by atoms with Crippen molar-refractivity contribution in [2.45, 2.75) is 52.4 Å². The second kappa shape index (κ2) is 8.26. The van der Waals surface area contributed by atoms with Crippen LogP contribution in [0.4, 0.5) is 9.18 Å². The molecule has 0 bridgehead atoms. The first-order valence-electron chi connectivity index (χ1n) is 7.04. The Morgan fingerprint density at radius 2 is 1.87 bits per heavy atom. The second-order valence-corrected chi connectivity index (χ2v) is 6.22. The molecule has 0 radical (unpaired) electrons. The average Bonchev–Trinajstić information content (AvgIpc) is 2.37. The molecule has 1 rings (SSSR count). The van der Waals surface area contributed by atoms with Crippen LogP contribution in [0.2, 0.25) is 0 Å². The zero-order valence-electron chi connectivity index (χ0n) is 13.6. The summed E-state index contributed by atoms with van der Waals surface area (Å²) in [5.41, 5.74) is -1.76. The van der Waals surface area contributed by atoms with Gasteiger partial charge in [0.05, 0.1) is 12.1 Å². The molecule has 0 aromatic heterocycles.